The first-order chi connectivity index (χ1) is 11.2. The van der Waals surface area contributed by atoms with E-state index in [2.05, 4.69) is 6.58 Å². The number of Topliss-reactive ketones (excluding diaryl/α,β-unsaturated/α-hetero) is 1. The molecule has 0 radical (unpaired) electrons. The second-order valence-electron chi connectivity index (χ2n) is 5.98. The number of aliphatic hydroxyl groups excluding tert-OH is 2. The van der Waals surface area contributed by atoms with Gasteiger partial charge < -0.3 is 25.2 Å². The largest absolute Gasteiger partial charge is 0.508 e. The van der Waals surface area contributed by atoms with Crippen molar-refractivity contribution in [1.29, 1.82) is 0 Å². The van der Waals surface area contributed by atoms with Crippen LogP contribution in [0.2, 0.25) is 0 Å². The minimum atomic E-state index is -1.60. The zero-order valence-electron chi connectivity index (χ0n) is 13.2. The molecule has 1 saturated carbocycles. The van der Waals surface area contributed by atoms with Crippen molar-refractivity contribution in [3.05, 3.63) is 35.9 Å². The maximum atomic E-state index is 12.6. The minimum Gasteiger partial charge on any atom is -0.508 e. The summed E-state index contributed by atoms with van der Waals surface area (Å²) in [6, 6.07) is 3.46. The van der Waals surface area contributed by atoms with E-state index in [0.717, 1.165) is 19.2 Å². The van der Waals surface area contributed by atoms with E-state index in [4.69, 9.17) is 4.74 Å². The van der Waals surface area contributed by atoms with Crippen LogP contribution in [0, 0.1) is 5.41 Å². The van der Waals surface area contributed by atoms with Gasteiger partial charge in [-0.2, -0.15) is 0 Å². The van der Waals surface area contributed by atoms with Crippen molar-refractivity contribution >= 4 is 11.8 Å². The Hall–Kier alpha value is -2.38. The topological polar surface area (TPSA) is 124 Å². The van der Waals surface area contributed by atoms with Crippen LogP contribution in [0.15, 0.2) is 30.4 Å². The summed E-state index contributed by atoms with van der Waals surface area (Å²) in [5.41, 5.74) is -1.72. The highest BCUT2D eigenvalue weighted by Gasteiger charge is 2.52. The highest BCUT2D eigenvalue weighted by Crippen LogP contribution is 2.44. The van der Waals surface area contributed by atoms with E-state index in [9.17, 15) is 30.0 Å². The van der Waals surface area contributed by atoms with Gasteiger partial charge in [-0.25, -0.2) is 0 Å². The number of esters is 1. The van der Waals surface area contributed by atoms with Gasteiger partial charge in [0.1, 0.15) is 16.9 Å². The number of benzene rings is 1. The fourth-order valence-corrected chi connectivity index (χ4v) is 3.06. The number of rotatable bonds is 4. The second-order valence-corrected chi connectivity index (χ2v) is 5.98. The monoisotopic (exact) mass is 336 g/mol. The number of aliphatic hydroxyl groups is 2. The number of carbonyl (C=O) groups is 2. The second kappa shape index (κ2) is 6.62. The van der Waals surface area contributed by atoms with E-state index in [1.165, 1.54) is 6.07 Å². The standard InChI is InChI=1S/C17H20O7/c1-9-12(19)5-6-17(15(9)22,16(23)24-2)8-14(21)11-7-10(18)3-4-13(11)20/h3-4,7,12,15,18-20,22H,1,5-6,8H2,2H3/t12-,15-,17-/m0/s1. The van der Waals surface area contributed by atoms with Crippen molar-refractivity contribution in [3.8, 4) is 11.5 Å². The van der Waals surface area contributed by atoms with E-state index >= 15 is 0 Å². The molecule has 0 aromatic heterocycles. The van der Waals surface area contributed by atoms with Crippen molar-refractivity contribution in [1.82, 2.24) is 0 Å². The SMILES string of the molecule is C=C1[C@@H](O)CC[C@@](CC(=O)c2cc(O)ccc2O)(C(=O)OC)[C@H]1O. The summed E-state index contributed by atoms with van der Waals surface area (Å²) < 4.78 is 4.75. The molecule has 1 aliphatic rings. The number of aromatic hydroxyl groups is 2. The summed E-state index contributed by atoms with van der Waals surface area (Å²) in [5.74, 6) is -2.00. The van der Waals surface area contributed by atoms with Crippen LogP contribution in [0.1, 0.15) is 29.6 Å². The Bertz CT molecular complexity index is 682. The molecule has 0 unspecified atom stereocenters. The average molecular weight is 336 g/mol. The Kier molecular flexibility index (Phi) is 4.96. The third kappa shape index (κ3) is 3.00. The number of hydrogen-bond acceptors (Lipinski definition) is 7. The minimum absolute atomic E-state index is 0.0202. The molecule has 0 heterocycles. The molecule has 0 amide bonds. The number of phenolic OH excluding ortho intramolecular Hbond substituents is 2. The van der Waals surface area contributed by atoms with Crippen molar-refractivity contribution in [2.45, 2.75) is 31.5 Å². The van der Waals surface area contributed by atoms with Crippen molar-refractivity contribution < 1.29 is 34.8 Å². The normalized spacial score (nSPS) is 26.9. The third-order valence-electron chi connectivity index (χ3n) is 4.52. The lowest BCUT2D eigenvalue weighted by Crippen LogP contribution is -2.51. The molecule has 7 nitrogen and oxygen atoms in total. The smallest absolute Gasteiger partial charge is 0.315 e. The van der Waals surface area contributed by atoms with Crippen LogP contribution >= 0.6 is 0 Å². The Balaban J connectivity index is 2.40. The van der Waals surface area contributed by atoms with Crippen LogP contribution in [0.4, 0.5) is 0 Å². The molecule has 2 rings (SSSR count). The van der Waals surface area contributed by atoms with E-state index in [-0.39, 0.29) is 35.5 Å². The first-order valence-corrected chi connectivity index (χ1v) is 7.41. The van der Waals surface area contributed by atoms with E-state index in [1.807, 2.05) is 0 Å². The maximum Gasteiger partial charge on any atom is 0.315 e. The molecule has 0 spiro atoms. The van der Waals surface area contributed by atoms with Gasteiger partial charge in [-0.15, -0.1) is 0 Å². The van der Waals surface area contributed by atoms with Gasteiger partial charge in [-0.1, -0.05) is 6.58 Å². The highest BCUT2D eigenvalue weighted by atomic mass is 16.5. The van der Waals surface area contributed by atoms with Crippen molar-refractivity contribution in [2.75, 3.05) is 7.11 Å². The van der Waals surface area contributed by atoms with Gasteiger partial charge in [0.15, 0.2) is 5.78 Å². The summed E-state index contributed by atoms with van der Waals surface area (Å²) in [4.78, 5) is 24.9. The lowest BCUT2D eigenvalue weighted by molar-refractivity contribution is -0.162. The van der Waals surface area contributed by atoms with Crippen LogP contribution in [0.5, 0.6) is 11.5 Å². The van der Waals surface area contributed by atoms with Gasteiger partial charge >= 0.3 is 5.97 Å². The first-order valence-electron chi connectivity index (χ1n) is 7.41. The van der Waals surface area contributed by atoms with Crippen LogP contribution in [-0.2, 0) is 9.53 Å². The summed E-state index contributed by atoms with van der Waals surface area (Å²) in [5, 5.41) is 39.5. The van der Waals surface area contributed by atoms with Gasteiger partial charge in [0.2, 0.25) is 0 Å². The summed E-state index contributed by atoms with van der Waals surface area (Å²) in [7, 11) is 1.14. The van der Waals surface area contributed by atoms with Crippen LogP contribution in [-0.4, -0.2) is 51.5 Å². The third-order valence-corrected chi connectivity index (χ3v) is 4.52. The van der Waals surface area contributed by atoms with Crippen LogP contribution in [0.25, 0.3) is 0 Å². The Morgan fingerprint density at radius 2 is 2.00 bits per heavy atom. The molecule has 4 N–H and O–H groups in total. The molecule has 1 aromatic rings. The number of ether oxygens (including phenoxy) is 1. The quantitative estimate of drug-likeness (QED) is 0.279. The Morgan fingerprint density at radius 1 is 1.33 bits per heavy atom. The van der Waals surface area contributed by atoms with E-state index in [1.54, 1.807) is 0 Å². The number of carbonyl (C=O) groups excluding carboxylic acids is 2. The Labute approximate surface area is 138 Å². The van der Waals surface area contributed by atoms with Crippen LogP contribution < -0.4 is 0 Å². The number of phenols is 2. The van der Waals surface area contributed by atoms with Gasteiger partial charge in [-0.3, -0.25) is 9.59 Å². The van der Waals surface area contributed by atoms with Gasteiger partial charge in [0.05, 0.1) is 24.9 Å². The molecule has 3 atom stereocenters. The van der Waals surface area contributed by atoms with Gasteiger partial charge in [0.25, 0.3) is 0 Å². The lowest BCUT2D eigenvalue weighted by atomic mass is 9.66. The average Bonchev–Trinajstić information content (AvgIpc) is 2.56. The highest BCUT2D eigenvalue weighted by molar-refractivity contribution is 6.01. The molecule has 1 aliphatic carbocycles. The van der Waals surface area contributed by atoms with Crippen LogP contribution in [0.3, 0.4) is 0 Å². The molecule has 130 valence electrons. The fraction of sp³-hybridized carbons (Fsp3) is 0.412. The molecular formula is C17H20O7. The van der Waals surface area contributed by atoms with E-state index in [0.29, 0.717) is 0 Å². The Morgan fingerprint density at radius 3 is 2.62 bits per heavy atom. The molecule has 24 heavy (non-hydrogen) atoms. The molecule has 7 heteroatoms. The molecule has 0 bridgehead atoms. The molecule has 1 fully saturated rings. The van der Waals surface area contributed by atoms with Gasteiger partial charge in [-0.05, 0) is 36.6 Å². The predicted octanol–water partition coefficient (Wildman–Crippen LogP) is 0.902. The van der Waals surface area contributed by atoms with E-state index < -0.39 is 35.8 Å². The number of ketones is 1. The predicted molar refractivity (Wildman–Crippen MR) is 83.6 cm³/mol. The van der Waals surface area contributed by atoms with Crippen molar-refractivity contribution in [2.24, 2.45) is 5.41 Å². The summed E-state index contributed by atoms with van der Waals surface area (Å²) >= 11 is 0. The summed E-state index contributed by atoms with van der Waals surface area (Å²) in [6.07, 6.45) is -2.72. The number of methoxy groups -OCH3 is 1. The number of hydrogen-bond donors (Lipinski definition) is 4. The fourth-order valence-electron chi connectivity index (χ4n) is 3.06. The van der Waals surface area contributed by atoms with Crippen molar-refractivity contribution in [3.63, 3.8) is 0 Å². The zero-order chi connectivity index (χ0) is 18.1. The zero-order valence-corrected chi connectivity index (χ0v) is 13.2. The summed E-state index contributed by atoms with van der Waals surface area (Å²) in [6.45, 7) is 3.59. The van der Waals surface area contributed by atoms with Gasteiger partial charge in [0, 0.05) is 6.42 Å². The lowest BCUT2D eigenvalue weighted by Gasteiger charge is -2.41. The molecule has 1 aromatic carbocycles. The molecular weight excluding hydrogens is 316 g/mol. The molecule has 0 saturated heterocycles. The maximum absolute atomic E-state index is 12.6. The first kappa shape index (κ1) is 18.0. The molecule has 0 aliphatic heterocycles.